The van der Waals surface area contributed by atoms with Gasteiger partial charge in [0.1, 0.15) is 0 Å². The van der Waals surface area contributed by atoms with Gasteiger partial charge < -0.3 is 15.2 Å². The Hall–Kier alpha value is -1.13. The van der Waals surface area contributed by atoms with Gasteiger partial charge in [-0.25, -0.2) is 4.39 Å². The maximum atomic E-state index is 13.4. The number of hydrogen-bond acceptors (Lipinski definition) is 3. The number of nitrogens with one attached hydrogen (secondary N) is 1. The van der Waals surface area contributed by atoms with E-state index in [0.29, 0.717) is 13.0 Å². The third kappa shape index (κ3) is 4.27. The van der Waals surface area contributed by atoms with Crippen LogP contribution in [0.3, 0.4) is 0 Å². The molecule has 0 aliphatic heterocycles. The molecular formula is C14H22FNO2. The van der Waals surface area contributed by atoms with Crippen molar-refractivity contribution in [3.8, 4) is 5.75 Å². The lowest BCUT2D eigenvalue weighted by Gasteiger charge is -2.28. The number of aryl methyl sites for hydroxylation is 1. The van der Waals surface area contributed by atoms with Gasteiger partial charge in [-0.1, -0.05) is 13.0 Å². The Labute approximate surface area is 108 Å². The average Bonchev–Trinajstić information content (AvgIpc) is 2.34. The second-order valence-corrected chi connectivity index (χ2v) is 4.78. The van der Waals surface area contributed by atoms with E-state index in [1.165, 1.54) is 6.07 Å². The summed E-state index contributed by atoms with van der Waals surface area (Å²) in [5.41, 5.74) is 0.581. The van der Waals surface area contributed by atoms with E-state index in [1.54, 1.807) is 12.1 Å². The molecule has 4 heteroatoms. The fraction of sp³-hybridized carbons (Fsp3) is 0.571. The highest BCUT2D eigenvalue weighted by molar-refractivity contribution is 5.29. The summed E-state index contributed by atoms with van der Waals surface area (Å²) in [7, 11) is 0. The number of aliphatic hydroxyl groups is 1. The molecule has 1 unspecified atom stereocenters. The molecule has 0 saturated heterocycles. The van der Waals surface area contributed by atoms with Gasteiger partial charge >= 0.3 is 0 Å². The second-order valence-electron chi connectivity index (χ2n) is 4.78. The monoisotopic (exact) mass is 255 g/mol. The van der Waals surface area contributed by atoms with Crippen molar-refractivity contribution in [3.63, 3.8) is 0 Å². The summed E-state index contributed by atoms with van der Waals surface area (Å²) in [6.07, 6.45) is 0.616. The highest BCUT2D eigenvalue weighted by Gasteiger charge is 2.21. The van der Waals surface area contributed by atoms with Crippen molar-refractivity contribution in [1.29, 1.82) is 0 Å². The van der Waals surface area contributed by atoms with Gasteiger partial charge in [0.25, 0.3) is 0 Å². The second kappa shape index (κ2) is 6.71. The van der Waals surface area contributed by atoms with Gasteiger partial charge in [-0.3, -0.25) is 0 Å². The Morgan fingerprint density at radius 2 is 2.17 bits per heavy atom. The number of benzene rings is 1. The molecule has 1 aromatic rings. The third-order valence-corrected chi connectivity index (χ3v) is 2.95. The number of hydrogen-bond donors (Lipinski definition) is 2. The van der Waals surface area contributed by atoms with Crippen molar-refractivity contribution in [3.05, 3.63) is 29.6 Å². The van der Waals surface area contributed by atoms with E-state index in [0.717, 1.165) is 12.1 Å². The van der Waals surface area contributed by atoms with Gasteiger partial charge in [0.2, 0.25) is 0 Å². The van der Waals surface area contributed by atoms with Crippen LogP contribution in [0.25, 0.3) is 0 Å². The van der Waals surface area contributed by atoms with Gasteiger partial charge in [0.05, 0.1) is 13.2 Å². The minimum Gasteiger partial charge on any atom is -0.490 e. The molecule has 1 atom stereocenters. The van der Waals surface area contributed by atoms with E-state index in [1.807, 2.05) is 20.8 Å². The first-order valence-electron chi connectivity index (χ1n) is 6.25. The quantitative estimate of drug-likeness (QED) is 0.785. The predicted octanol–water partition coefficient (Wildman–Crippen LogP) is 2.26. The molecule has 0 aliphatic carbocycles. The maximum absolute atomic E-state index is 13.4. The molecule has 0 heterocycles. The number of likely N-dealkylation sites (N-methyl/N-ethyl adjacent to an activating group) is 1. The number of rotatable bonds is 7. The van der Waals surface area contributed by atoms with Crippen LogP contribution >= 0.6 is 0 Å². The van der Waals surface area contributed by atoms with Crippen molar-refractivity contribution >= 4 is 0 Å². The number of ether oxygens (including phenoxy) is 1. The minimum atomic E-state index is -0.380. The largest absolute Gasteiger partial charge is 0.490 e. The smallest absolute Gasteiger partial charge is 0.165 e. The van der Waals surface area contributed by atoms with Crippen LogP contribution in [-0.4, -0.2) is 30.4 Å². The normalized spacial score (nSPS) is 14.3. The van der Waals surface area contributed by atoms with Crippen LogP contribution in [0, 0.1) is 12.7 Å². The lowest BCUT2D eigenvalue weighted by molar-refractivity contribution is 0.144. The van der Waals surface area contributed by atoms with Crippen molar-refractivity contribution in [2.45, 2.75) is 32.7 Å². The molecule has 1 rings (SSSR count). The summed E-state index contributed by atoms with van der Waals surface area (Å²) in [5, 5.41) is 12.5. The molecule has 0 radical (unpaired) electrons. The highest BCUT2D eigenvalue weighted by Crippen LogP contribution is 2.19. The van der Waals surface area contributed by atoms with Crippen LogP contribution in [0.2, 0.25) is 0 Å². The van der Waals surface area contributed by atoms with E-state index in [-0.39, 0.29) is 23.7 Å². The van der Waals surface area contributed by atoms with Crippen LogP contribution in [0.5, 0.6) is 5.75 Å². The molecule has 18 heavy (non-hydrogen) atoms. The predicted molar refractivity (Wildman–Crippen MR) is 70.4 cm³/mol. The summed E-state index contributed by atoms with van der Waals surface area (Å²) >= 11 is 0. The lowest BCUT2D eigenvalue weighted by Crippen LogP contribution is -2.46. The summed E-state index contributed by atoms with van der Waals surface area (Å²) in [6.45, 7) is 6.96. The molecule has 0 amide bonds. The zero-order chi connectivity index (χ0) is 13.6. The highest BCUT2D eigenvalue weighted by atomic mass is 19.1. The van der Waals surface area contributed by atoms with Crippen LogP contribution in [0.15, 0.2) is 18.2 Å². The van der Waals surface area contributed by atoms with Gasteiger partial charge in [0.15, 0.2) is 11.6 Å². The van der Waals surface area contributed by atoms with E-state index in [4.69, 9.17) is 4.74 Å². The third-order valence-electron chi connectivity index (χ3n) is 2.95. The Kier molecular flexibility index (Phi) is 5.56. The molecule has 0 aliphatic rings. The molecule has 1 aromatic carbocycles. The average molecular weight is 255 g/mol. The van der Waals surface area contributed by atoms with Gasteiger partial charge in [-0.2, -0.15) is 0 Å². The molecule has 0 spiro atoms. The SMILES string of the molecule is CCNC(C)(CO)CCOc1cc(C)ccc1F. The summed E-state index contributed by atoms with van der Waals surface area (Å²) in [4.78, 5) is 0. The lowest BCUT2D eigenvalue weighted by atomic mass is 10.00. The topological polar surface area (TPSA) is 41.5 Å². The molecule has 102 valence electrons. The molecule has 3 nitrogen and oxygen atoms in total. The first-order chi connectivity index (χ1) is 8.50. The molecule has 0 saturated carbocycles. The Bertz CT molecular complexity index is 384. The van der Waals surface area contributed by atoms with Crippen molar-refractivity contribution < 1.29 is 14.2 Å². The Balaban J connectivity index is 2.52. The first-order valence-corrected chi connectivity index (χ1v) is 6.25. The molecule has 0 bridgehead atoms. The van der Waals surface area contributed by atoms with Crippen LogP contribution in [0.4, 0.5) is 4.39 Å². The fourth-order valence-corrected chi connectivity index (χ4v) is 1.76. The van der Waals surface area contributed by atoms with Gasteiger partial charge in [-0.05, 0) is 38.1 Å². The van der Waals surface area contributed by atoms with Crippen molar-refractivity contribution in [2.75, 3.05) is 19.8 Å². The van der Waals surface area contributed by atoms with Gasteiger partial charge in [0, 0.05) is 12.0 Å². The number of aliphatic hydroxyl groups excluding tert-OH is 1. The number of halogens is 1. The summed E-state index contributed by atoms with van der Waals surface area (Å²) < 4.78 is 18.9. The Morgan fingerprint density at radius 1 is 1.44 bits per heavy atom. The molecule has 0 aromatic heterocycles. The maximum Gasteiger partial charge on any atom is 0.165 e. The first kappa shape index (κ1) is 14.9. The van der Waals surface area contributed by atoms with Crippen molar-refractivity contribution in [2.24, 2.45) is 0 Å². The van der Waals surface area contributed by atoms with E-state index in [9.17, 15) is 9.50 Å². The van der Waals surface area contributed by atoms with Crippen LogP contribution in [-0.2, 0) is 0 Å². The van der Waals surface area contributed by atoms with E-state index >= 15 is 0 Å². The molecule has 2 N–H and O–H groups in total. The summed E-state index contributed by atoms with van der Waals surface area (Å²) in [5.74, 6) is -0.0819. The standard InChI is InChI=1S/C14H22FNO2/c1-4-16-14(3,10-17)7-8-18-13-9-11(2)5-6-12(13)15/h5-6,9,16-17H,4,7-8,10H2,1-3H3. The van der Waals surface area contributed by atoms with Crippen molar-refractivity contribution in [1.82, 2.24) is 5.32 Å². The minimum absolute atomic E-state index is 0.0283. The molecular weight excluding hydrogens is 233 g/mol. The molecule has 0 fully saturated rings. The van der Waals surface area contributed by atoms with E-state index in [2.05, 4.69) is 5.32 Å². The van der Waals surface area contributed by atoms with Crippen LogP contribution in [0.1, 0.15) is 25.8 Å². The van der Waals surface area contributed by atoms with Crippen LogP contribution < -0.4 is 10.1 Å². The fourth-order valence-electron chi connectivity index (χ4n) is 1.76. The zero-order valence-electron chi connectivity index (χ0n) is 11.3. The zero-order valence-corrected chi connectivity index (χ0v) is 11.3. The summed E-state index contributed by atoms with van der Waals surface area (Å²) in [6, 6.07) is 4.79. The van der Waals surface area contributed by atoms with Gasteiger partial charge in [-0.15, -0.1) is 0 Å². The van der Waals surface area contributed by atoms with E-state index < -0.39 is 0 Å². The Morgan fingerprint density at radius 3 is 2.78 bits per heavy atom.